The number of hydrogen-bond donors (Lipinski definition) is 3. The van der Waals surface area contributed by atoms with Gasteiger partial charge in [0.2, 0.25) is 11.8 Å². The first-order valence-corrected chi connectivity index (χ1v) is 13.1. The molecule has 212 valence electrons. The van der Waals surface area contributed by atoms with Crippen LogP contribution >= 0.6 is 0 Å². The van der Waals surface area contributed by atoms with E-state index >= 15 is 4.39 Å². The van der Waals surface area contributed by atoms with Gasteiger partial charge in [0.15, 0.2) is 17.3 Å². The number of benzene rings is 2. The normalized spacial score (nSPS) is 16.4. The molecule has 10 nitrogen and oxygen atoms in total. The molecule has 1 saturated carbocycles. The number of piperazine rings is 1. The number of ether oxygens (including phenoxy) is 1. The molecule has 2 heterocycles. The Hall–Kier alpha value is -4.71. The average Bonchev–Trinajstić information content (AvgIpc) is 3.79. The van der Waals surface area contributed by atoms with E-state index in [0.717, 1.165) is 32.2 Å². The third-order valence-electron chi connectivity index (χ3n) is 6.81. The van der Waals surface area contributed by atoms with Crippen LogP contribution in [0, 0.1) is 17.0 Å². The number of nitrogens with zero attached hydrogens (tertiary/aromatic N) is 4. The molecular formula is C29H29F2N7O3. The maximum atomic E-state index is 15.1. The summed E-state index contributed by atoms with van der Waals surface area (Å²) in [5.74, 6) is -1.34. The zero-order valence-corrected chi connectivity index (χ0v) is 22.4. The third kappa shape index (κ3) is 6.55. The summed E-state index contributed by atoms with van der Waals surface area (Å²) in [4.78, 5) is 40.8. The third-order valence-corrected chi connectivity index (χ3v) is 6.81. The molecule has 1 aliphatic heterocycles. The van der Waals surface area contributed by atoms with Crippen molar-refractivity contribution < 1.29 is 23.1 Å². The number of nitrogens with one attached hydrogen (secondary N) is 3. The van der Waals surface area contributed by atoms with E-state index in [-0.39, 0.29) is 11.4 Å². The van der Waals surface area contributed by atoms with E-state index in [1.165, 1.54) is 48.8 Å². The van der Waals surface area contributed by atoms with Crippen LogP contribution in [0.3, 0.4) is 0 Å². The minimum Gasteiger partial charge on any atom is -0.452 e. The summed E-state index contributed by atoms with van der Waals surface area (Å²) in [5, 5.41) is 8.56. The predicted octanol–water partition coefficient (Wildman–Crippen LogP) is 4.15. The fourth-order valence-electron chi connectivity index (χ4n) is 4.35. The molecule has 0 bridgehead atoms. The van der Waals surface area contributed by atoms with E-state index in [2.05, 4.69) is 35.8 Å². The molecule has 2 fully saturated rings. The Bertz CT molecular complexity index is 1480. The molecule has 2 aromatic carbocycles. The zero-order chi connectivity index (χ0) is 28.8. The molecule has 3 N–H and O–H groups in total. The van der Waals surface area contributed by atoms with E-state index in [4.69, 9.17) is 4.74 Å². The van der Waals surface area contributed by atoms with Crippen LogP contribution in [-0.4, -0.2) is 67.0 Å². The van der Waals surface area contributed by atoms with Crippen LogP contribution in [0.15, 0.2) is 70.9 Å². The number of pyridine rings is 1. The summed E-state index contributed by atoms with van der Waals surface area (Å²) >= 11 is 0. The van der Waals surface area contributed by atoms with Gasteiger partial charge in [-0.2, -0.15) is 0 Å². The lowest BCUT2D eigenvalue weighted by Crippen LogP contribution is -2.46. The van der Waals surface area contributed by atoms with E-state index < -0.39 is 28.9 Å². The topological polar surface area (TPSA) is 120 Å². The van der Waals surface area contributed by atoms with Gasteiger partial charge in [-0.1, -0.05) is 0 Å². The first-order valence-electron chi connectivity index (χ1n) is 13.1. The number of halogens is 2. The summed E-state index contributed by atoms with van der Waals surface area (Å²) in [7, 11) is 1.66. The minimum absolute atomic E-state index is 0.0753. The lowest BCUT2D eigenvalue weighted by Gasteiger charge is -2.28. The van der Waals surface area contributed by atoms with Crippen molar-refractivity contribution in [2.75, 3.05) is 43.9 Å². The van der Waals surface area contributed by atoms with Crippen LogP contribution in [0.25, 0.3) is 0 Å². The largest absolute Gasteiger partial charge is 0.452 e. The maximum Gasteiger partial charge on any atom is 0.240 e. The van der Waals surface area contributed by atoms with Crippen molar-refractivity contribution in [3.05, 3.63) is 72.6 Å². The highest BCUT2D eigenvalue weighted by Gasteiger charge is 2.56. The molecule has 12 heteroatoms. The van der Waals surface area contributed by atoms with Crippen LogP contribution in [-0.2, 0) is 9.59 Å². The quantitative estimate of drug-likeness (QED) is 0.216. The highest BCUT2D eigenvalue weighted by molar-refractivity contribution is 6.30. The summed E-state index contributed by atoms with van der Waals surface area (Å²) < 4.78 is 34.1. The highest BCUT2D eigenvalue weighted by atomic mass is 19.1. The number of rotatable bonds is 8. The van der Waals surface area contributed by atoms with Gasteiger partial charge in [-0.15, -0.1) is 0 Å². The molecule has 1 saturated heterocycles. The molecule has 5 rings (SSSR count). The van der Waals surface area contributed by atoms with Gasteiger partial charge < -0.3 is 25.6 Å². The van der Waals surface area contributed by atoms with Crippen molar-refractivity contribution in [2.24, 2.45) is 15.4 Å². The second-order valence-electron chi connectivity index (χ2n) is 9.68. The zero-order valence-electron chi connectivity index (χ0n) is 22.4. The standard InChI is InChI=1S/C29H29F2N7O3/c1-32-18-26(38-14-12-33-13-15-38)37-23-17-34-11-8-25(23)41-24-7-6-21(16-22(24)31)36-28(40)29(9-10-29)27(39)35-20-4-2-19(30)3-5-20/h2-8,11,16-18,33H,9-10,12-15H2,1H3,(H,35,39)(H,36,40). The van der Waals surface area contributed by atoms with E-state index in [1.807, 2.05) is 0 Å². The Kier molecular flexibility index (Phi) is 8.29. The van der Waals surface area contributed by atoms with Crippen molar-refractivity contribution >= 4 is 40.9 Å². The van der Waals surface area contributed by atoms with Gasteiger partial charge >= 0.3 is 0 Å². The van der Waals surface area contributed by atoms with Crippen LogP contribution in [0.2, 0.25) is 0 Å². The van der Waals surface area contributed by atoms with Crippen LogP contribution < -0.4 is 20.7 Å². The van der Waals surface area contributed by atoms with Gasteiger partial charge in [-0.3, -0.25) is 19.6 Å². The van der Waals surface area contributed by atoms with Crippen molar-refractivity contribution in [2.45, 2.75) is 12.8 Å². The summed E-state index contributed by atoms with van der Waals surface area (Å²) in [6.07, 6.45) is 5.40. The molecule has 41 heavy (non-hydrogen) atoms. The number of amides is 2. The molecule has 0 unspecified atom stereocenters. The second kappa shape index (κ2) is 12.2. The van der Waals surface area contributed by atoms with Crippen molar-refractivity contribution in [1.29, 1.82) is 0 Å². The molecule has 0 spiro atoms. The number of anilines is 2. The van der Waals surface area contributed by atoms with E-state index in [9.17, 15) is 14.0 Å². The molecule has 3 aromatic rings. The van der Waals surface area contributed by atoms with Crippen LogP contribution in [0.4, 0.5) is 25.8 Å². The molecule has 1 aromatic heterocycles. The Morgan fingerprint density at radius 1 is 1.00 bits per heavy atom. The molecule has 1 aliphatic carbocycles. The molecule has 0 atom stereocenters. The lowest BCUT2D eigenvalue weighted by atomic mass is 10.0. The molecule has 0 radical (unpaired) electrons. The van der Waals surface area contributed by atoms with Gasteiger partial charge in [0, 0.05) is 62.9 Å². The van der Waals surface area contributed by atoms with Gasteiger partial charge in [0.1, 0.15) is 22.8 Å². The Balaban J connectivity index is 1.28. The van der Waals surface area contributed by atoms with Crippen LogP contribution in [0.5, 0.6) is 11.5 Å². The number of carbonyl (C=O) groups is 2. The van der Waals surface area contributed by atoms with Gasteiger partial charge in [-0.25, -0.2) is 13.8 Å². The highest BCUT2D eigenvalue weighted by Crippen LogP contribution is 2.47. The number of carbonyl (C=O) groups excluding carboxylic acids is 2. The Morgan fingerprint density at radius 2 is 1.68 bits per heavy atom. The number of aliphatic imine (C=N–C) groups is 2. The second-order valence-corrected chi connectivity index (χ2v) is 9.68. The summed E-state index contributed by atoms with van der Waals surface area (Å²) in [6.45, 7) is 3.17. The van der Waals surface area contributed by atoms with Gasteiger partial charge in [-0.05, 0) is 49.2 Å². The lowest BCUT2D eigenvalue weighted by molar-refractivity contribution is -0.131. The van der Waals surface area contributed by atoms with Gasteiger partial charge in [0.05, 0.1) is 12.4 Å². The van der Waals surface area contributed by atoms with Crippen molar-refractivity contribution in [3.63, 3.8) is 0 Å². The number of amidine groups is 1. The van der Waals surface area contributed by atoms with E-state index in [0.29, 0.717) is 35.8 Å². The SMILES string of the molecule is CN=CC(=Nc1cnccc1Oc1ccc(NC(=O)C2(C(=O)Nc3ccc(F)cc3)CC2)cc1F)N1CCNCC1. The van der Waals surface area contributed by atoms with Crippen molar-refractivity contribution in [1.82, 2.24) is 15.2 Å². The summed E-state index contributed by atoms with van der Waals surface area (Å²) in [6, 6.07) is 10.9. The van der Waals surface area contributed by atoms with Crippen molar-refractivity contribution in [3.8, 4) is 11.5 Å². The minimum atomic E-state index is -1.27. The predicted molar refractivity (Wildman–Crippen MR) is 152 cm³/mol. The number of hydrogen-bond acceptors (Lipinski definition) is 7. The number of aromatic nitrogens is 1. The first-order chi connectivity index (χ1) is 19.9. The monoisotopic (exact) mass is 561 g/mol. The Morgan fingerprint density at radius 3 is 2.34 bits per heavy atom. The fourth-order valence-corrected chi connectivity index (χ4v) is 4.35. The average molecular weight is 562 g/mol. The summed E-state index contributed by atoms with van der Waals surface area (Å²) in [5.41, 5.74) is -0.312. The van der Waals surface area contributed by atoms with Crippen LogP contribution in [0.1, 0.15) is 12.8 Å². The Labute approximate surface area is 235 Å². The first kappa shape index (κ1) is 27.8. The molecular weight excluding hydrogens is 532 g/mol. The molecule has 2 amide bonds. The maximum absolute atomic E-state index is 15.1. The smallest absolute Gasteiger partial charge is 0.240 e. The molecule has 2 aliphatic rings. The van der Waals surface area contributed by atoms with Gasteiger partial charge in [0.25, 0.3) is 0 Å². The van der Waals surface area contributed by atoms with E-state index in [1.54, 1.807) is 19.3 Å². The fraction of sp³-hybridized carbons (Fsp3) is 0.276.